The molecule has 0 aliphatic carbocycles. The number of phenolic OH excluding ortho intramolecular Hbond substituents is 1. The Labute approximate surface area is 144 Å². The van der Waals surface area contributed by atoms with Crippen molar-refractivity contribution in [2.24, 2.45) is 0 Å². The Kier molecular flexibility index (Phi) is 3.91. The third-order valence-electron chi connectivity index (χ3n) is 4.34. The topological polar surface area (TPSA) is 71.2 Å². The highest BCUT2D eigenvalue weighted by molar-refractivity contribution is 5.74. The maximum atomic E-state index is 11.1. The summed E-state index contributed by atoms with van der Waals surface area (Å²) in [4.78, 5) is 0. The molecule has 0 amide bonds. The number of hydrogen-bond donors (Lipinski definition) is 2. The van der Waals surface area contributed by atoms with Gasteiger partial charge in [-0.3, -0.25) is 0 Å². The highest BCUT2D eigenvalue weighted by Crippen LogP contribution is 2.37. The lowest BCUT2D eigenvalue weighted by Crippen LogP contribution is -2.20. The van der Waals surface area contributed by atoms with Crippen molar-refractivity contribution < 1.29 is 10.2 Å². The number of para-hydroxylation sites is 2. The molecule has 0 fully saturated rings. The van der Waals surface area contributed by atoms with Crippen LogP contribution in [0.1, 0.15) is 23.3 Å². The molecule has 5 nitrogen and oxygen atoms in total. The first-order chi connectivity index (χ1) is 12.3. The minimum atomic E-state index is -0.889. The summed E-state index contributed by atoms with van der Waals surface area (Å²) in [7, 11) is 0. The van der Waals surface area contributed by atoms with Crippen LogP contribution in [0.2, 0.25) is 0 Å². The zero-order valence-electron chi connectivity index (χ0n) is 13.4. The van der Waals surface area contributed by atoms with Gasteiger partial charge in [0.1, 0.15) is 23.4 Å². The van der Waals surface area contributed by atoms with E-state index in [-0.39, 0.29) is 5.75 Å². The third-order valence-corrected chi connectivity index (χ3v) is 4.34. The van der Waals surface area contributed by atoms with Crippen molar-refractivity contribution >= 4 is 11.0 Å². The van der Waals surface area contributed by atoms with Crippen molar-refractivity contribution in [3.63, 3.8) is 0 Å². The number of hydrogen-bond acceptors (Lipinski definition) is 4. The molecule has 2 unspecified atom stereocenters. The molecule has 0 aliphatic heterocycles. The minimum absolute atomic E-state index is 0.113. The summed E-state index contributed by atoms with van der Waals surface area (Å²) in [5.74, 6) is 0.113. The zero-order chi connectivity index (χ0) is 17.2. The average Bonchev–Trinajstić information content (AvgIpc) is 3.08. The van der Waals surface area contributed by atoms with E-state index in [2.05, 4.69) is 10.3 Å². The standard InChI is InChI=1S/C20H17N3O2/c24-18-13-7-4-10-15(18)19(20(25)14-8-2-1-3-9-14)23-17-12-6-5-11-16(17)21-22-23/h1-13,19-20,24-25H. The normalized spacial score (nSPS) is 13.6. The molecule has 0 aliphatic rings. The van der Waals surface area contributed by atoms with E-state index in [1.807, 2.05) is 60.7 Å². The number of aromatic nitrogens is 3. The van der Waals surface area contributed by atoms with E-state index in [0.29, 0.717) is 5.56 Å². The number of aliphatic hydroxyl groups is 1. The molecule has 3 aromatic carbocycles. The van der Waals surface area contributed by atoms with Crippen LogP contribution in [0, 0.1) is 0 Å². The summed E-state index contributed by atoms with van der Waals surface area (Å²) >= 11 is 0. The Morgan fingerprint density at radius 2 is 1.48 bits per heavy atom. The highest BCUT2D eigenvalue weighted by Gasteiger charge is 2.29. The fourth-order valence-electron chi connectivity index (χ4n) is 3.10. The van der Waals surface area contributed by atoms with Gasteiger partial charge in [0.25, 0.3) is 0 Å². The van der Waals surface area contributed by atoms with Crippen LogP contribution in [0.3, 0.4) is 0 Å². The Bertz CT molecular complexity index is 998. The van der Waals surface area contributed by atoms with Crippen LogP contribution in [0.4, 0.5) is 0 Å². The fourth-order valence-corrected chi connectivity index (χ4v) is 3.10. The molecule has 1 heterocycles. The molecular weight excluding hydrogens is 314 g/mol. The average molecular weight is 331 g/mol. The first kappa shape index (κ1) is 15.4. The van der Waals surface area contributed by atoms with Crippen LogP contribution in [0.25, 0.3) is 11.0 Å². The molecule has 124 valence electrons. The number of fused-ring (bicyclic) bond motifs is 1. The van der Waals surface area contributed by atoms with Gasteiger partial charge in [0, 0.05) is 5.56 Å². The second kappa shape index (κ2) is 6.37. The Morgan fingerprint density at radius 3 is 2.28 bits per heavy atom. The number of aromatic hydroxyl groups is 1. The SMILES string of the molecule is Oc1ccccc1C(C(O)c1ccccc1)n1nnc2ccccc21. The molecule has 2 atom stereocenters. The van der Waals surface area contributed by atoms with Crippen LogP contribution >= 0.6 is 0 Å². The number of aliphatic hydroxyl groups excluding tert-OH is 1. The van der Waals surface area contributed by atoms with Gasteiger partial charge in [-0.05, 0) is 23.8 Å². The van der Waals surface area contributed by atoms with Crippen LogP contribution in [-0.4, -0.2) is 25.2 Å². The number of nitrogens with zero attached hydrogens (tertiary/aromatic N) is 3. The molecule has 5 heteroatoms. The monoisotopic (exact) mass is 331 g/mol. The number of phenols is 1. The third kappa shape index (κ3) is 2.75. The predicted molar refractivity (Wildman–Crippen MR) is 95.2 cm³/mol. The minimum Gasteiger partial charge on any atom is -0.508 e. The van der Waals surface area contributed by atoms with Crippen LogP contribution in [0.5, 0.6) is 5.75 Å². The summed E-state index contributed by atoms with van der Waals surface area (Å²) in [5.41, 5.74) is 2.87. The molecule has 1 aromatic heterocycles. The molecule has 0 radical (unpaired) electrons. The zero-order valence-corrected chi connectivity index (χ0v) is 13.4. The predicted octanol–water partition coefficient (Wildman–Crippen LogP) is 3.46. The summed E-state index contributed by atoms with van der Waals surface area (Å²) in [6.07, 6.45) is -0.889. The lowest BCUT2D eigenvalue weighted by molar-refractivity contribution is 0.125. The van der Waals surface area contributed by atoms with Crippen molar-refractivity contribution in [1.29, 1.82) is 0 Å². The van der Waals surface area contributed by atoms with Gasteiger partial charge in [-0.1, -0.05) is 65.9 Å². The lowest BCUT2D eigenvalue weighted by Gasteiger charge is -2.25. The van der Waals surface area contributed by atoms with Gasteiger partial charge in [0.2, 0.25) is 0 Å². The largest absolute Gasteiger partial charge is 0.508 e. The molecule has 25 heavy (non-hydrogen) atoms. The molecule has 0 saturated carbocycles. The van der Waals surface area contributed by atoms with E-state index in [4.69, 9.17) is 0 Å². The summed E-state index contributed by atoms with van der Waals surface area (Å²) in [6.45, 7) is 0. The second-order valence-corrected chi connectivity index (χ2v) is 5.88. The second-order valence-electron chi connectivity index (χ2n) is 5.88. The van der Waals surface area contributed by atoms with Gasteiger partial charge in [-0.25, -0.2) is 4.68 Å². The quantitative estimate of drug-likeness (QED) is 0.601. The van der Waals surface area contributed by atoms with Crippen LogP contribution in [-0.2, 0) is 0 Å². The van der Waals surface area contributed by atoms with Crippen molar-refractivity contribution in [3.05, 3.63) is 90.0 Å². The Balaban J connectivity index is 1.92. The van der Waals surface area contributed by atoms with Crippen molar-refractivity contribution in [1.82, 2.24) is 15.0 Å². The van der Waals surface area contributed by atoms with E-state index in [1.54, 1.807) is 22.9 Å². The van der Waals surface area contributed by atoms with Gasteiger partial charge in [-0.2, -0.15) is 0 Å². The van der Waals surface area contributed by atoms with Crippen LogP contribution < -0.4 is 0 Å². The van der Waals surface area contributed by atoms with Gasteiger partial charge in [0.05, 0.1) is 5.52 Å². The van der Waals surface area contributed by atoms with Gasteiger partial charge < -0.3 is 10.2 Å². The van der Waals surface area contributed by atoms with E-state index in [9.17, 15) is 10.2 Å². The van der Waals surface area contributed by atoms with Crippen LogP contribution in [0.15, 0.2) is 78.9 Å². The summed E-state index contributed by atoms with van der Waals surface area (Å²) in [6, 6.07) is 23.3. The maximum absolute atomic E-state index is 11.1. The fraction of sp³-hybridized carbons (Fsp3) is 0.100. The number of rotatable bonds is 4. The molecule has 0 bridgehead atoms. The molecule has 0 spiro atoms. The first-order valence-corrected chi connectivity index (χ1v) is 8.06. The van der Waals surface area contributed by atoms with Gasteiger partial charge in [0.15, 0.2) is 0 Å². The van der Waals surface area contributed by atoms with Crippen molar-refractivity contribution in [2.45, 2.75) is 12.1 Å². The first-order valence-electron chi connectivity index (χ1n) is 8.06. The molecule has 0 saturated heterocycles. The van der Waals surface area contributed by atoms with Crippen molar-refractivity contribution in [3.8, 4) is 5.75 Å². The number of benzene rings is 3. The Hall–Kier alpha value is -3.18. The molecular formula is C20H17N3O2. The van der Waals surface area contributed by atoms with E-state index >= 15 is 0 Å². The highest BCUT2D eigenvalue weighted by atomic mass is 16.3. The van der Waals surface area contributed by atoms with E-state index in [1.165, 1.54) is 0 Å². The van der Waals surface area contributed by atoms with E-state index in [0.717, 1.165) is 16.6 Å². The molecule has 2 N–H and O–H groups in total. The van der Waals surface area contributed by atoms with Crippen molar-refractivity contribution in [2.75, 3.05) is 0 Å². The smallest absolute Gasteiger partial charge is 0.121 e. The molecule has 4 aromatic rings. The summed E-state index contributed by atoms with van der Waals surface area (Å²) in [5, 5.41) is 29.9. The lowest BCUT2D eigenvalue weighted by atomic mass is 9.95. The maximum Gasteiger partial charge on any atom is 0.121 e. The van der Waals surface area contributed by atoms with E-state index < -0.39 is 12.1 Å². The van der Waals surface area contributed by atoms with Gasteiger partial charge in [-0.15, -0.1) is 5.10 Å². The van der Waals surface area contributed by atoms with Gasteiger partial charge >= 0.3 is 0 Å². The summed E-state index contributed by atoms with van der Waals surface area (Å²) < 4.78 is 1.67. The Morgan fingerprint density at radius 1 is 0.800 bits per heavy atom. The molecule has 4 rings (SSSR count).